The predicted molar refractivity (Wildman–Crippen MR) is 86.9 cm³/mol. The molecule has 0 spiro atoms. The van der Waals surface area contributed by atoms with E-state index in [1.807, 2.05) is 11.0 Å². The average molecular weight is 330 g/mol. The molecule has 4 heterocycles. The van der Waals surface area contributed by atoms with Crippen LogP contribution in [0.25, 0.3) is 0 Å². The van der Waals surface area contributed by atoms with E-state index in [1.54, 1.807) is 11.3 Å². The third kappa shape index (κ3) is 2.82. The number of nitrogens with zero attached hydrogens (tertiary/aromatic N) is 3. The minimum Gasteiger partial charge on any atom is -0.382 e. The molecule has 0 aromatic carbocycles. The molecule has 4 rings (SSSR count). The number of rotatable bonds is 2. The van der Waals surface area contributed by atoms with E-state index in [9.17, 15) is 4.79 Å². The van der Waals surface area contributed by atoms with Gasteiger partial charge in [0, 0.05) is 30.8 Å². The minimum atomic E-state index is -0.112. The van der Waals surface area contributed by atoms with Crippen molar-refractivity contribution in [2.45, 2.75) is 31.9 Å². The normalized spacial score (nSPS) is 20.0. The third-order valence-corrected chi connectivity index (χ3v) is 5.44. The quantitative estimate of drug-likeness (QED) is 0.906. The molecule has 23 heavy (non-hydrogen) atoms. The molecule has 0 bridgehead atoms. The van der Waals surface area contributed by atoms with Gasteiger partial charge in [0.15, 0.2) is 0 Å². The number of aromatic nitrogens is 2. The van der Waals surface area contributed by atoms with E-state index in [0.29, 0.717) is 31.9 Å². The highest BCUT2D eigenvalue weighted by atomic mass is 32.1. The number of hydrogen-bond donors (Lipinski definition) is 1. The van der Waals surface area contributed by atoms with Crippen molar-refractivity contribution < 1.29 is 9.53 Å². The Hall–Kier alpha value is -1.99. The second-order valence-corrected chi connectivity index (χ2v) is 6.92. The maximum Gasteiger partial charge on any atom is 0.225 e. The summed E-state index contributed by atoms with van der Waals surface area (Å²) in [4.78, 5) is 15.9. The zero-order chi connectivity index (χ0) is 15.8. The topological polar surface area (TPSA) is 81.3 Å². The number of ether oxygens (including phenoxy) is 1. The molecule has 0 fully saturated rings. The van der Waals surface area contributed by atoms with Crippen molar-refractivity contribution in [2.24, 2.45) is 0 Å². The van der Waals surface area contributed by atoms with Gasteiger partial charge >= 0.3 is 0 Å². The highest BCUT2D eigenvalue weighted by Crippen LogP contribution is 2.33. The monoisotopic (exact) mass is 330 g/mol. The maximum atomic E-state index is 12.7. The lowest BCUT2D eigenvalue weighted by Crippen LogP contribution is -2.37. The van der Waals surface area contributed by atoms with Crippen LogP contribution in [-0.2, 0) is 28.9 Å². The van der Waals surface area contributed by atoms with Crippen molar-refractivity contribution in [1.82, 2.24) is 15.1 Å². The second kappa shape index (κ2) is 5.90. The summed E-state index contributed by atoms with van der Waals surface area (Å²) < 4.78 is 5.83. The fraction of sp³-hybridized carbons (Fsp3) is 0.438. The standard InChI is InChI=1S/C16H18N4O2S/c17-15-7-10-9-20(4-1-12(10)18-19-15)16(21)8-13-11-3-6-23-14(11)2-5-22-13/h3,6-7,13H,1-2,4-5,8-9H2,(H2,17,19). The number of fused-ring (bicyclic) bond motifs is 2. The first-order valence-corrected chi connectivity index (χ1v) is 8.65. The van der Waals surface area contributed by atoms with Crippen molar-refractivity contribution in [2.75, 3.05) is 18.9 Å². The maximum absolute atomic E-state index is 12.7. The highest BCUT2D eigenvalue weighted by Gasteiger charge is 2.28. The van der Waals surface area contributed by atoms with Crippen molar-refractivity contribution in [1.29, 1.82) is 0 Å². The van der Waals surface area contributed by atoms with E-state index in [0.717, 1.165) is 24.1 Å². The van der Waals surface area contributed by atoms with Crippen LogP contribution in [-0.4, -0.2) is 34.2 Å². The fourth-order valence-electron chi connectivity index (χ4n) is 3.24. The molecule has 7 heteroatoms. The lowest BCUT2D eigenvalue weighted by Gasteiger charge is -2.30. The van der Waals surface area contributed by atoms with Crippen LogP contribution in [0.3, 0.4) is 0 Å². The largest absolute Gasteiger partial charge is 0.382 e. The molecular formula is C16H18N4O2S. The third-order valence-electron chi connectivity index (χ3n) is 4.45. The Kier molecular flexibility index (Phi) is 3.74. The SMILES string of the molecule is Nc1cc2c(nn1)CCN(C(=O)CC1OCCc3sccc31)C2. The molecule has 0 saturated carbocycles. The molecule has 0 radical (unpaired) electrons. The Balaban J connectivity index is 1.47. The summed E-state index contributed by atoms with van der Waals surface area (Å²) in [5.74, 6) is 0.520. The average Bonchev–Trinajstić information content (AvgIpc) is 3.03. The Bertz CT molecular complexity index is 745. The second-order valence-electron chi connectivity index (χ2n) is 5.92. The number of carbonyl (C=O) groups excluding carboxylic acids is 1. The van der Waals surface area contributed by atoms with Crippen molar-refractivity contribution in [3.05, 3.63) is 39.2 Å². The van der Waals surface area contributed by atoms with Gasteiger partial charge in [-0.15, -0.1) is 16.4 Å². The van der Waals surface area contributed by atoms with Gasteiger partial charge in [-0.1, -0.05) is 0 Å². The van der Waals surface area contributed by atoms with E-state index in [4.69, 9.17) is 10.5 Å². The van der Waals surface area contributed by atoms with Crippen LogP contribution in [0.5, 0.6) is 0 Å². The summed E-state index contributed by atoms with van der Waals surface area (Å²) in [6, 6.07) is 3.90. The van der Waals surface area contributed by atoms with Gasteiger partial charge in [0.05, 0.1) is 24.8 Å². The first kappa shape index (κ1) is 14.6. The molecule has 0 aliphatic carbocycles. The van der Waals surface area contributed by atoms with Gasteiger partial charge in [-0.25, -0.2) is 0 Å². The first-order chi connectivity index (χ1) is 11.2. The van der Waals surface area contributed by atoms with E-state index < -0.39 is 0 Å². The van der Waals surface area contributed by atoms with Crippen molar-refractivity contribution >= 4 is 23.1 Å². The van der Waals surface area contributed by atoms with Gasteiger partial charge in [0.2, 0.25) is 5.91 Å². The Labute approximate surface area is 138 Å². The summed E-state index contributed by atoms with van der Waals surface area (Å²) in [7, 11) is 0. The molecule has 2 aromatic rings. The van der Waals surface area contributed by atoms with Gasteiger partial charge in [0.25, 0.3) is 0 Å². The molecule has 1 atom stereocenters. The van der Waals surface area contributed by atoms with Crippen LogP contribution in [0.2, 0.25) is 0 Å². The minimum absolute atomic E-state index is 0.112. The van der Waals surface area contributed by atoms with Gasteiger partial charge < -0.3 is 15.4 Å². The van der Waals surface area contributed by atoms with Gasteiger partial charge in [-0.3, -0.25) is 4.79 Å². The van der Waals surface area contributed by atoms with Crippen LogP contribution in [0, 0.1) is 0 Å². The summed E-state index contributed by atoms with van der Waals surface area (Å²) in [5.41, 5.74) is 8.82. The zero-order valence-electron chi connectivity index (χ0n) is 12.7. The molecule has 2 N–H and O–H groups in total. The van der Waals surface area contributed by atoms with Gasteiger partial charge in [0.1, 0.15) is 5.82 Å². The molecule has 0 saturated heterocycles. The van der Waals surface area contributed by atoms with Crippen LogP contribution in [0.4, 0.5) is 5.82 Å². The van der Waals surface area contributed by atoms with E-state index in [-0.39, 0.29) is 12.0 Å². The molecule has 2 aliphatic rings. The Morgan fingerprint density at radius 1 is 1.43 bits per heavy atom. The number of nitrogen functional groups attached to an aromatic ring is 1. The first-order valence-electron chi connectivity index (χ1n) is 7.77. The van der Waals surface area contributed by atoms with Crippen LogP contribution >= 0.6 is 11.3 Å². The molecule has 2 aromatic heterocycles. The number of thiophene rings is 1. The number of hydrogen-bond acceptors (Lipinski definition) is 6. The number of anilines is 1. The van der Waals surface area contributed by atoms with Crippen molar-refractivity contribution in [3.8, 4) is 0 Å². The van der Waals surface area contributed by atoms with E-state index in [2.05, 4.69) is 21.6 Å². The smallest absolute Gasteiger partial charge is 0.225 e. The number of amides is 1. The summed E-state index contributed by atoms with van der Waals surface area (Å²) >= 11 is 1.75. The summed E-state index contributed by atoms with van der Waals surface area (Å²) in [5, 5.41) is 10.1. The van der Waals surface area contributed by atoms with Crippen molar-refractivity contribution in [3.63, 3.8) is 0 Å². The summed E-state index contributed by atoms with van der Waals surface area (Å²) in [6.45, 7) is 1.92. The Morgan fingerprint density at radius 3 is 3.26 bits per heavy atom. The molecule has 1 unspecified atom stereocenters. The molecule has 2 aliphatic heterocycles. The lowest BCUT2D eigenvalue weighted by molar-refractivity contribution is -0.135. The number of carbonyl (C=O) groups is 1. The lowest BCUT2D eigenvalue weighted by atomic mass is 10.0. The van der Waals surface area contributed by atoms with E-state index in [1.165, 1.54) is 10.4 Å². The van der Waals surface area contributed by atoms with Gasteiger partial charge in [-0.2, -0.15) is 5.10 Å². The van der Waals surface area contributed by atoms with Crippen LogP contribution in [0.1, 0.15) is 34.2 Å². The Morgan fingerprint density at radius 2 is 2.35 bits per heavy atom. The van der Waals surface area contributed by atoms with Gasteiger partial charge in [-0.05, 0) is 28.6 Å². The highest BCUT2D eigenvalue weighted by molar-refractivity contribution is 7.10. The predicted octanol–water partition coefficient (Wildman–Crippen LogP) is 1.71. The fourth-order valence-corrected chi connectivity index (χ4v) is 4.16. The molecule has 1 amide bonds. The van der Waals surface area contributed by atoms with Crippen LogP contribution < -0.4 is 5.73 Å². The summed E-state index contributed by atoms with van der Waals surface area (Å²) in [6.07, 6.45) is 1.96. The molecule has 120 valence electrons. The molecule has 6 nitrogen and oxygen atoms in total. The number of nitrogens with two attached hydrogens (primary N) is 1. The van der Waals surface area contributed by atoms with Crippen LogP contribution in [0.15, 0.2) is 17.5 Å². The molecular weight excluding hydrogens is 312 g/mol. The zero-order valence-corrected chi connectivity index (χ0v) is 13.5. The van der Waals surface area contributed by atoms with E-state index >= 15 is 0 Å².